The lowest BCUT2D eigenvalue weighted by Crippen LogP contribution is -2.49. The summed E-state index contributed by atoms with van der Waals surface area (Å²) < 4.78 is 66.6. The number of fused-ring (bicyclic) bond motifs is 2. The number of primary amides is 1. The lowest BCUT2D eigenvalue weighted by Gasteiger charge is -2.37. The van der Waals surface area contributed by atoms with Crippen molar-refractivity contribution < 1.29 is 31.2 Å². The Morgan fingerprint density at radius 2 is 1.64 bits per heavy atom. The van der Waals surface area contributed by atoms with Gasteiger partial charge in [0.05, 0.1) is 15.9 Å². The average Bonchev–Trinajstić information content (AvgIpc) is 3.27. The molecule has 3 amide bonds. The molecule has 3 aliphatic heterocycles. The molecular weight excluding hydrogens is 597 g/mol. The van der Waals surface area contributed by atoms with Crippen LogP contribution in [0.25, 0.3) is 11.1 Å². The molecule has 0 bridgehead atoms. The molecule has 1 aromatic heterocycles. The van der Waals surface area contributed by atoms with Crippen LogP contribution >= 0.6 is 0 Å². The first-order chi connectivity index (χ1) is 20.9. The zero-order valence-electron chi connectivity index (χ0n) is 23.6. The minimum Gasteiger partial charge on any atom is -0.367 e. The number of carbonyl (C=O) groups is 2. The zero-order valence-corrected chi connectivity index (χ0v) is 24.4. The Morgan fingerprint density at radius 1 is 0.977 bits per heavy atom. The van der Waals surface area contributed by atoms with E-state index in [0.717, 1.165) is 34.6 Å². The molecule has 0 saturated carbocycles. The predicted octanol–water partition coefficient (Wildman–Crippen LogP) is 4.40. The van der Waals surface area contributed by atoms with Gasteiger partial charge in [0.15, 0.2) is 0 Å². The van der Waals surface area contributed by atoms with Gasteiger partial charge in [-0.1, -0.05) is 18.2 Å². The second kappa shape index (κ2) is 11.1. The Kier molecular flexibility index (Phi) is 7.52. The van der Waals surface area contributed by atoms with Crippen LogP contribution in [-0.4, -0.2) is 66.8 Å². The molecule has 1 spiro atoms. The molecule has 10 nitrogen and oxygen atoms in total. The highest BCUT2D eigenvalue weighted by Gasteiger charge is 2.49. The number of likely N-dealkylation sites (tertiary alicyclic amines) is 1. The van der Waals surface area contributed by atoms with Crippen molar-refractivity contribution in [3.63, 3.8) is 0 Å². The van der Waals surface area contributed by atoms with Crippen LogP contribution in [0.5, 0.6) is 0 Å². The second-order valence-corrected chi connectivity index (χ2v) is 13.3. The number of benzene rings is 2. The highest BCUT2D eigenvalue weighted by molar-refractivity contribution is 7.89. The number of sulfonamides is 1. The Labute approximate surface area is 252 Å². The fourth-order valence-corrected chi connectivity index (χ4v) is 7.73. The van der Waals surface area contributed by atoms with Crippen molar-refractivity contribution in [1.82, 2.24) is 14.2 Å². The number of hydrogen-bond acceptors (Lipinski definition) is 6. The molecule has 0 atom stereocenters. The van der Waals surface area contributed by atoms with Crippen molar-refractivity contribution in [2.45, 2.75) is 48.2 Å². The summed E-state index contributed by atoms with van der Waals surface area (Å²) in [7, 11) is -3.76. The van der Waals surface area contributed by atoms with Crippen molar-refractivity contribution in [3.05, 3.63) is 71.9 Å². The molecule has 6 rings (SSSR count). The Bertz CT molecular complexity index is 1680. The number of anilines is 2. The minimum atomic E-state index is -4.46. The number of nitrogens with two attached hydrogens (primary N) is 1. The number of rotatable bonds is 5. The van der Waals surface area contributed by atoms with Crippen LogP contribution in [0.4, 0.5) is 29.5 Å². The standard InChI is InChI=1S/C30H31F3N6O4S/c31-30(32,33)21-4-8-26(35-18-21)36-22-9-13-39(14-10-22)44(42,43)23-5-1-19(2-6-23)20-3-7-25-24(17-20)29(27(40)37-25)11-15-38(16-12-29)28(34)41/h1-8,17-18,22H,9-16H2,(H2,34,41)(H,35,36)(H,37,40). The summed E-state index contributed by atoms with van der Waals surface area (Å²) in [4.78, 5) is 30.2. The first kappa shape index (κ1) is 29.9. The lowest BCUT2D eigenvalue weighted by molar-refractivity contribution is -0.137. The number of halogens is 3. The Balaban J connectivity index is 1.12. The molecule has 3 aromatic rings. The third kappa shape index (κ3) is 5.47. The molecule has 4 N–H and O–H groups in total. The maximum Gasteiger partial charge on any atom is 0.417 e. The molecule has 2 fully saturated rings. The van der Waals surface area contributed by atoms with Gasteiger partial charge in [-0.15, -0.1) is 0 Å². The van der Waals surface area contributed by atoms with Gasteiger partial charge in [0.2, 0.25) is 15.9 Å². The highest BCUT2D eigenvalue weighted by atomic mass is 32.2. The smallest absolute Gasteiger partial charge is 0.367 e. The van der Waals surface area contributed by atoms with Crippen molar-refractivity contribution in [2.24, 2.45) is 5.73 Å². The molecular formula is C30H31F3N6O4S. The number of nitrogens with zero attached hydrogens (tertiary/aromatic N) is 3. The van der Waals surface area contributed by atoms with E-state index in [4.69, 9.17) is 5.73 Å². The molecule has 2 saturated heterocycles. The number of alkyl halides is 3. The summed E-state index contributed by atoms with van der Waals surface area (Å²) in [6.45, 7) is 1.28. The van der Waals surface area contributed by atoms with E-state index >= 15 is 0 Å². The summed E-state index contributed by atoms with van der Waals surface area (Å²) in [6, 6.07) is 13.9. The topological polar surface area (TPSA) is 138 Å². The zero-order chi connectivity index (χ0) is 31.3. The maximum atomic E-state index is 13.4. The van der Waals surface area contributed by atoms with E-state index in [1.54, 1.807) is 24.3 Å². The van der Waals surface area contributed by atoms with Gasteiger partial charge in [0.25, 0.3) is 0 Å². The maximum absolute atomic E-state index is 13.4. The van der Waals surface area contributed by atoms with Crippen molar-refractivity contribution in [2.75, 3.05) is 36.8 Å². The largest absolute Gasteiger partial charge is 0.417 e. The predicted molar refractivity (Wildman–Crippen MR) is 157 cm³/mol. The van der Waals surface area contributed by atoms with Crippen LogP contribution in [0.2, 0.25) is 0 Å². The molecule has 4 heterocycles. The number of hydrogen-bond donors (Lipinski definition) is 3. The summed E-state index contributed by atoms with van der Waals surface area (Å²) >= 11 is 0. The number of piperidine rings is 2. The molecule has 14 heteroatoms. The van der Waals surface area contributed by atoms with E-state index in [1.807, 2.05) is 18.2 Å². The van der Waals surface area contributed by atoms with Crippen LogP contribution < -0.4 is 16.4 Å². The van der Waals surface area contributed by atoms with E-state index in [1.165, 1.54) is 15.3 Å². The first-order valence-electron chi connectivity index (χ1n) is 14.3. The molecule has 0 radical (unpaired) electrons. The second-order valence-electron chi connectivity index (χ2n) is 11.4. The van der Waals surface area contributed by atoms with Crippen LogP contribution in [0.1, 0.15) is 36.8 Å². The number of pyridine rings is 1. The van der Waals surface area contributed by atoms with Crippen LogP contribution in [0.3, 0.4) is 0 Å². The highest BCUT2D eigenvalue weighted by Crippen LogP contribution is 2.46. The number of nitrogens with one attached hydrogen (secondary N) is 2. The van der Waals surface area contributed by atoms with Gasteiger partial charge in [0.1, 0.15) is 5.82 Å². The molecule has 2 aromatic carbocycles. The average molecular weight is 629 g/mol. The molecule has 0 aliphatic carbocycles. The SMILES string of the molecule is NC(=O)N1CCC2(CC1)C(=O)Nc1ccc(-c3ccc(S(=O)(=O)N4CCC(Nc5ccc(C(F)(F)F)cn5)CC4)cc3)cc12. The quantitative estimate of drug-likeness (QED) is 0.383. The molecule has 232 valence electrons. The third-order valence-corrected chi connectivity index (χ3v) is 10.8. The van der Waals surface area contributed by atoms with Gasteiger partial charge in [-0.25, -0.2) is 18.2 Å². The lowest BCUT2D eigenvalue weighted by atomic mass is 9.73. The van der Waals surface area contributed by atoms with Gasteiger partial charge in [0, 0.05) is 44.1 Å². The Morgan fingerprint density at radius 3 is 2.23 bits per heavy atom. The van der Waals surface area contributed by atoms with E-state index < -0.39 is 33.2 Å². The summed E-state index contributed by atoms with van der Waals surface area (Å²) in [5.74, 6) is 0.216. The van der Waals surface area contributed by atoms with Gasteiger partial charge >= 0.3 is 12.2 Å². The molecule has 44 heavy (non-hydrogen) atoms. The van der Waals surface area contributed by atoms with Crippen LogP contribution in [0.15, 0.2) is 65.7 Å². The number of urea groups is 1. The summed E-state index contributed by atoms with van der Waals surface area (Å²) in [6.07, 6.45) is -1.82. The van der Waals surface area contributed by atoms with E-state index in [-0.39, 0.29) is 29.9 Å². The number of amides is 3. The van der Waals surface area contributed by atoms with E-state index in [0.29, 0.717) is 44.6 Å². The van der Waals surface area contributed by atoms with Crippen molar-refractivity contribution >= 4 is 33.5 Å². The van der Waals surface area contributed by atoms with Crippen molar-refractivity contribution in [3.8, 4) is 11.1 Å². The van der Waals surface area contributed by atoms with E-state index in [9.17, 15) is 31.2 Å². The van der Waals surface area contributed by atoms with Gasteiger partial charge < -0.3 is 21.3 Å². The van der Waals surface area contributed by atoms with Crippen LogP contribution in [0, 0.1) is 0 Å². The monoisotopic (exact) mass is 628 g/mol. The Hall–Kier alpha value is -4.17. The number of carbonyl (C=O) groups excluding carboxylic acids is 2. The summed E-state index contributed by atoms with van der Waals surface area (Å²) in [5.41, 5.74) is 7.09. The molecule has 3 aliphatic rings. The first-order valence-corrected chi connectivity index (χ1v) is 15.7. The third-order valence-electron chi connectivity index (χ3n) is 8.87. The van der Waals surface area contributed by atoms with Crippen LogP contribution in [-0.2, 0) is 26.4 Å². The molecule has 0 unspecified atom stereocenters. The van der Waals surface area contributed by atoms with Gasteiger partial charge in [-0.3, -0.25) is 4.79 Å². The fourth-order valence-electron chi connectivity index (χ4n) is 6.26. The fraction of sp³-hybridized carbons (Fsp3) is 0.367. The van der Waals surface area contributed by atoms with E-state index in [2.05, 4.69) is 15.6 Å². The van der Waals surface area contributed by atoms with Gasteiger partial charge in [-0.2, -0.15) is 17.5 Å². The van der Waals surface area contributed by atoms with Gasteiger partial charge in [-0.05, 0) is 78.8 Å². The normalized spacial score (nSPS) is 19.1. The number of aromatic nitrogens is 1. The van der Waals surface area contributed by atoms with Crippen molar-refractivity contribution in [1.29, 1.82) is 0 Å². The summed E-state index contributed by atoms with van der Waals surface area (Å²) in [5, 5.41) is 6.06. The minimum absolute atomic E-state index is 0.0928.